The summed E-state index contributed by atoms with van der Waals surface area (Å²) in [5, 5.41) is 3.07. The molecule has 5 rings (SSSR count). The molecule has 3 aliphatic rings. The predicted molar refractivity (Wildman–Crippen MR) is 108 cm³/mol. The number of anilines is 1. The highest BCUT2D eigenvalue weighted by molar-refractivity contribution is 7.93. The number of nitrogens with one attached hydrogen (secondary N) is 2. The molecule has 2 N–H and O–H groups in total. The molecule has 2 bridgehead atoms. The zero-order valence-corrected chi connectivity index (χ0v) is 17.5. The molecule has 0 radical (unpaired) electrons. The van der Waals surface area contributed by atoms with Crippen LogP contribution in [0.4, 0.5) is 18.9 Å². The number of fused-ring (bicyclic) bond motifs is 3. The van der Waals surface area contributed by atoms with Gasteiger partial charge in [-0.05, 0) is 75.2 Å². The summed E-state index contributed by atoms with van der Waals surface area (Å²) in [6.45, 7) is 4.22. The van der Waals surface area contributed by atoms with E-state index in [1.807, 2.05) is 0 Å². The predicted octanol–water partition coefficient (Wildman–Crippen LogP) is 3.42. The molecule has 0 aliphatic carbocycles. The Kier molecular flexibility index (Phi) is 5.50. The van der Waals surface area contributed by atoms with Crippen molar-refractivity contribution in [3.63, 3.8) is 0 Å². The minimum atomic E-state index is -5.49. The Morgan fingerprint density at radius 3 is 2.32 bits per heavy atom. The maximum Gasteiger partial charge on any atom is 0.516 e. The van der Waals surface area contributed by atoms with E-state index in [9.17, 15) is 26.4 Å². The fourth-order valence-electron chi connectivity index (χ4n) is 4.30. The van der Waals surface area contributed by atoms with E-state index >= 15 is 0 Å². The zero-order valence-electron chi connectivity index (χ0n) is 16.6. The number of benzene rings is 1. The van der Waals surface area contributed by atoms with Crippen molar-refractivity contribution >= 4 is 21.6 Å². The standard InChI is InChI=1S/C20H22F3N3O4S/c1-12-18(14-8-10-26(12)11-9-14)24-19(27)17-7-6-16(30-17)13-2-4-15(5-3-13)25-31(28,29)20(21,22)23/h2-7,12,14,18,25H,8-11H2,1H3,(H,24,27). The van der Waals surface area contributed by atoms with Gasteiger partial charge in [-0.3, -0.25) is 14.4 Å². The van der Waals surface area contributed by atoms with E-state index in [1.165, 1.54) is 35.1 Å². The molecule has 2 unspecified atom stereocenters. The molecule has 7 nitrogen and oxygen atoms in total. The molecule has 11 heteroatoms. The van der Waals surface area contributed by atoms with Crippen molar-refractivity contribution < 1.29 is 30.8 Å². The van der Waals surface area contributed by atoms with Gasteiger partial charge in [0, 0.05) is 23.3 Å². The van der Waals surface area contributed by atoms with Crippen LogP contribution in [0.3, 0.4) is 0 Å². The minimum Gasteiger partial charge on any atom is -0.451 e. The van der Waals surface area contributed by atoms with Crippen molar-refractivity contribution in [2.75, 3.05) is 17.8 Å². The third-order valence-corrected chi connectivity index (χ3v) is 7.15. The molecule has 1 aromatic carbocycles. The van der Waals surface area contributed by atoms with Crippen LogP contribution in [0.25, 0.3) is 11.3 Å². The van der Waals surface area contributed by atoms with E-state index < -0.39 is 15.5 Å². The first-order chi connectivity index (χ1) is 14.5. The highest BCUT2D eigenvalue weighted by Gasteiger charge is 2.46. The second kappa shape index (κ2) is 7.86. The Morgan fingerprint density at radius 1 is 1.10 bits per heavy atom. The van der Waals surface area contributed by atoms with Crippen molar-refractivity contribution in [2.45, 2.75) is 37.4 Å². The van der Waals surface area contributed by atoms with Crippen LogP contribution < -0.4 is 10.0 Å². The van der Waals surface area contributed by atoms with E-state index in [-0.39, 0.29) is 29.4 Å². The van der Waals surface area contributed by atoms with Gasteiger partial charge in [0.2, 0.25) is 0 Å². The number of piperidine rings is 3. The average molecular weight is 457 g/mol. The lowest BCUT2D eigenvalue weighted by atomic mass is 9.79. The molecule has 0 spiro atoms. The number of hydrogen-bond donors (Lipinski definition) is 2. The topological polar surface area (TPSA) is 91.7 Å². The number of rotatable bonds is 5. The summed E-state index contributed by atoms with van der Waals surface area (Å²) in [5.41, 5.74) is -5.14. The summed E-state index contributed by atoms with van der Waals surface area (Å²) >= 11 is 0. The van der Waals surface area contributed by atoms with Gasteiger partial charge in [-0.15, -0.1) is 0 Å². The number of amides is 1. The summed E-state index contributed by atoms with van der Waals surface area (Å²) in [6.07, 6.45) is 2.12. The maximum atomic E-state index is 12.7. The Morgan fingerprint density at radius 2 is 1.74 bits per heavy atom. The van der Waals surface area contributed by atoms with Gasteiger partial charge in [0.25, 0.3) is 5.91 Å². The number of sulfonamides is 1. The fourth-order valence-corrected chi connectivity index (χ4v) is 4.86. The van der Waals surface area contributed by atoms with Gasteiger partial charge in [-0.25, -0.2) is 0 Å². The van der Waals surface area contributed by atoms with Gasteiger partial charge in [0.15, 0.2) is 5.76 Å². The average Bonchev–Trinajstić information content (AvgIpc) is 3.21. The van der Waals surface area contributed by atoms with E-state index in [2.05, 4.69) is 17.1 Å². The first kappa shape index (κ1) is 21.7. The van der Waals surface area contributed by atoms with E-state index in [4.69, 9.17) is 4.42 Å². The number of nitrogens with zero attached hydrogens (tertiary/aromatic N) is 1. The lowest BCUT2D eigenvalue weighted by Crippen LogP contribution is -2.62. The second-order valence-corrected chi connectivity index (χ2v) is 9.58. The summed E-state index contributed by atoms with van der Waals surface area (Å²) in [5.74, 6) is 0.621. The van der Waals surface area contributed by atoms with Crippen LogP contribution >= 0.6 is 0 Å². The van der Waals surface area contributed by atoms with E-state index in [0.29, 0.717) is 17.2 Å². The molecular formula is C20H22F3N3O4S. The van der Waals surface area contributed by atoms with E-state index in [1.54, 1.807) is 6.07 Å². The maximum absolute atomic E-state index is 12.7. The summed E-state index contributed by atoms with van der Waals surface area (Å²) in [4.78, 5) is 15.0. The molecule has 2 aromatic rings. The summed E-state index contributed by atoms with van der Waals surface area (Å²) < 4.78 is 66.9. The van der Waals surface area contributed by atoms with E-state index in [0.717, 1.165) is 25.9 Å². The largest absolute Gasteiger partial charge is 0.516 e. The molecule has 168 valence electrons. The van der Waals surface area contributed by atoms with Crippen LogP contribution in [0.2, 0.25) is 0 Å². The molecule has 3 saturated heterocycles. The highest BCUT2D eigenvalue weighted by atomic mass is 32.2. The molecule has 31 heavy (non-hydrogen) atoms. The zero-order chi connectivity index (χ0) is 22.4. The SMILES string of the molecule is CC1C(NC(=O)c2ccc(-c3ccc(NS(=O)(=O)C(F)(F)F)cc3)o2)C2CCN1CC2. The van der Waals surface area contributed by atoms with Gasteiger partial charge in [-0.2, -0.15) is 21.6 Å². The van der Waals surface area contributed by atoms with Crippen LogP contribution in [0.5, 0.6) is 0 Å². The van der Waals surface area contributed by atoms with Crippen molar-refractivity contribution in [1.82, 2.24) is 10.2 Å². The lowest BCUT2D eigenvalue weighted by Gasteiger charge is -2.49. The third kappa shape index (κ3) is 4.29. The molecule has 1 amide bonds. The number of carbonyl (C=O) groups excluding carboxylic acids is 1. The second-order valence-electron chi connectivity index (χ2n) is 7.91. The molecule has 3 aliphatic heterocycles. The molecular weight excluding hydrogens is 435 g/mol. The van der Waals surface area contributed by atoms with Gasteiger partial charge in [0.1, 0.15) is 5.76 Å². The van der Waals surface area contributed by atoms with Crippen molar-refractivity contribution in [3.05, 3.63) is 42.2 Å². The number of alkyl halides is 3. The number of hydrogen-bond acceptors (Lipinski definition) is 5. The van der Waals surface area contributed by atoms with Crippen LogP contribution in [0.15, 0.2) is 40.8 Å². The van der Waals surface area contributed by atoms with Crippen molar-refractivity contribution in [2.24, 2.45) is 5.92 Å². The van der Waals surface area contributed by atoms with Crippen LogP contribution in [-0.4, -0.2) is 49.9 Å². The first-order valence-corrected chi connectivity index (χ1v) is 11.4. The Balaban J connectivity index is 1.43. The summed E-state index contributed by atoms with van der Waals surface area (Å²) in [6, 6.07) is 8.64. The summed E-state index contributed by atoms with van der Waals surface area (Å²) in [7, 11) is -5.49. The smallest absolute Gasteiger partial charge is 0.451 e. The number of furan rings is 1. The highest BCUT2D eigenvalue weighted by Crippen LogP contribution is 2.33. The van der Waals surface area contributed by atoms with Crippen LogP contribution in [0, 0.1) is 5.92 Å². The van der Waals surface area contributed by atoms with Crippen LogP contribution in [0.1, 0.15) is 30.3 Å². The minimum absolute atomic E-state index is 0.0597. The quantitative estimate of drug-likeness (QED) is 0.718. The number of halogens is 3. The van der Waals surface area contributed by atoms with Gasteiger partial charge in [0.05, 0.1) is 0 Å². The van der Waals surface area contributed by atoms with Gasteiger partial charge >= 0.3 is 15.5 Å². The van der Waals surface area contributed by atoms with Gasteiger partial charge < -0.3 is 9.73 Å². The lowest BCUT2D eigenvalue weighted by molar-refractivity contribution is -0.0429. The van der Waals surface area contributed by atoms with Gasteiger partial charge in [-0.1, -0.05) is 0 Å². The monoisotopic (exact) mass is 457 g/mol. The molecule has 0 saturated carbocycles. The van der Waals surface area contributed by atoms with Crippen LogP contribution in [-0.2, 0) is 10.0 Å². The molecule has 2 atom stereocenters. The van der Waals surface area contributed by atoms with Crippen molar-refractivity contribution in [1.29, 1.82) is 0 Å². The Labute approximate surface area is 177 Å². The normalized spacial score (nSPS) is 25.9. The molecule has 4 heterocycles. The Hall–Kier alpha value is -2.53. The number of carbonyl (C=O) groups is 1. The van der Waals surface area contributed by atoms with Crippen molar-refractivity contribution in [3.8, 4) is 11.3 Å². The Bertz CT molecular complexity index is 1060. The first-order valence-electron chi connectivity index (χ1n) is 9.89. The fraction of sp³-hybridized carbons (Fsp3) is 0.450. The molecule has 1 aromatic heterocycles. The third-order valence-electron chi connectivity index (χ3n) is 6.03. The molecule has 3 fully saturated rings.